The summed E-state index contributed by atoms with van der Waals surface area (Å²) < 4.78 is 11.9. The first kappa shape index (κ1) is 18.4. The molecule has 2 atom stereocenters. The minimum absolute atomic E-state index is 0.0419. The number of ether oxygens (including phenoxy) is 2. The predicted molar refractivity (Wildman–Crippen MR) is 100 cm³/mol. The van der Waals surface area contributed by atoms with Crippen LogP contribution >= 0.6 is 15.9 Å². The van der Waals surface area contributed by atoms with Gasteiger partial charge >= 0.3 is 0 Å². The van der Waals surface area contributed by atoms with Gasteiger partial charge in [-0.05, 0) is 34.0 Å². The molecule has 0 bridgehead atoms. The highest BCUT2D eigenvalue weighted by molar-refractivity contribution is 9.10. The number of halogens is 1. The van der Waals surface area contributed by atoms with Crippen molar-refractivity contribution >= 4 is 38.5 Å². The zero-order valence-electron chi connectivity index (χ0n) is 14.5. The SMILES string of the molecule is CC[C@@H]1CC(=O)N[C@@H]1COc1ncc(Br)c2cc(C(N)=O)c(OC)cc12. The number of nitrogens with zero attached hydrogens (tertiary/aromatic N) is 1. The molecule has 7 nitrogen and oxygen atoms in total. The van der Waals surface area contributed by atoms with Crippen molar-refractivity contribution < 1.29 is 19.1 Å². The van der Waals surface area contributed by atoms with Gasteiger partial charge in [-0.2, -0.15) is 0 Å². The Morgan fingerprint density at radius 3 is 2.85 bits per heavy atom. The molecule has 138 valence electrons. The minimum atomic E-state index is -0.575. The van der Waals surface area contributed by atoms with E-state index in [-0.39, 0.29) is 23.4 Å². The summed E-state index contributed by atoms with van der Waals surface area (Å²) in [7, 11) is 1.47. The van der Waals surface area contributed by atoms with Crippen LogP contribution in [0.3, 0.4) is 0 Å². The lowest BCUT2D eigenvalue weighted by Gasteiger charge is -2.18. The van der Waals surface area contributed by atoms with Gasteiger partial charge < -0.3 is 20.5 Å². The Kier molecular flexibility index (Phi) is 5.31. The summed E-state index contributed by atoms with van der Waals surface area (Å²) in [6.45, 7) is 2.38. The van der Waals surface area contributed by atoms with Crippen LogP contribution < -0.4 is 20.5 Å². The van der Waals surface area contributed by atoms with E-state index in [1.165, 1.54) is 7.11 Å². The molecule has 1 aromatic carbocycles. The molecule has 1 aliphatic heterocycles. The molecule has 2 heterocycles. The fourth-order valence-corrected chi connectivity index (χ4v) is 3.65. The van der Waals surface area contributed by atoms with Gasteiger partial charge in [-0.15, -0.1) is 0 Å². The van der Waals surface area contributed by atoms with E-state index in [2.05, 4.69) is 33.2 Å². The third-order valence-electron chi connectivity index (χ3n) is 4.67. The summed E-state index contributed by atoms with van der Waals surface area (Å²) in [4.78, 5) is 27.6. The number of hydrogen-bond acceptors (Lipinski definition) is 5. The monoisotopic (exact) mass is 421 g/mol. The number of pyridine rings is 1. The van der Waals surface area contributed by atoms with E-state index in [1.807, 2.05) is 0 Å². The maximum absolute atomic E-state index is 11.7. The molecule has 3 N–H and O–H groups in total. The average molecular weight is 422 g/mol. The summed E-state index contributed by atoms with van der Waals surface area (Å²) >= 11 is 3.44. The Hall–Kier alpha value is -2.35. The lowest BCUT2D eigenvalue weighted by Crippen LogP contribution is -2.34. The van der Waals surface area contributed by atoms with Gasteiger partial charge in [0.2, 0.25) is 11.8 Å². The number of fused-ring (bicyclic) bond motifs is 1. The molecule has 2 amide bonds. The van der Waals surface area contributed by atoms with E-state index in [4.69, 9.17) is 15.2 Å². The summed E-state index contributed by atoms with van der Waals surface area (Å²) in [5.74, 6) is 0.491. The maximum atomic E-state index is 11.7. The van der Waals surface area contributed by atoms with Gasteiger partial charge in [0, 0.05) is 27.9 Å². The van der Waals surface area contributed by atoms with E-state index in [9.17, 15) is 9.59 Å². The maximum Gasteiger partial charge on any atom is 0.252 e. The molecule has 1 aromatic heterocycles. The standard InChI is InChI=1S/C18H20BrN3O4/c1-3-9-4-16(23)22-14(9)8-26-18-11-6-15(25-2)12(17(20)24)5-10(11)13(19)7-21-18/h5-7,9,14H,3-4,8H2,1-2H3,(H2,20,24)(H,22,23)/t9-,14-/m1/s1. The van der Waals surface area contributed by atoms with Crippen LogP contribution in [-0.2, 0) is 4.79 Å². The lowest BCUT2D eigenvalue weighted by molar-refractivity contribution is -0.119. The molecule has 0 radical (unpaired) electrons. The molecule has 1 fully saturated rings. The number of carbonyl (C=O) groups excluding carboxylic acids is 2. The molecule has 0 spiro atoms. The number of methoxy groups -OCH3 is 1. The largest absolute Gasteiger partial charge is 0.496 e. The van der Waals surface area contributed by atoms with Crippen molar-refractivity contribution in [2.75, 3.05) is 13.7 Å². The van der Waals surface area contributed by atoms with Gasteiger partial charge in [0.25, 0.3) is 5.91 Å². The topological polar surface area (TPSA) is 104 Å². The number of primary amides is 1. The Morgan fingerprint density at radius 1 is 1.42 bits per heavy atom. The fraction of sp³-hybridized carbons (Fsp3) is 0.389. The van der Waals surface area contributed by atoms with Crippen molar-refractivity contribution in [1.29, 1.82) is 0 Å². The first-order valence-corrected chi connectivity index (χ1v) is 9.12. The fourth-order valence-electron chi connectivity index (χ4n) is 3.22. The van der Waals surface area contributed by atoms with Crippen molar-refractivity contribution in [1.82, 2.24) is 10.3 Å². The van der Waals surface area contributed by atoms with Crippen LogP contribution in [0.4, 0.5) is 0 Å². The minimum Gasteiger partial charge on any atom is -0.496 e. The second-order valence-corrected chi connectivity index (χ2v) is 7.09. The summed E-state index contributed by atoms with van der Waals surface area (Å²) in [6.07, 6.45) is 3.03. The summed E-state index contributed by atoms with van der Waals surface area (Å²) in [6, 6.07) is 3.30. The highest BCUT2D eigenvalue weighted by Gasteiger charge is 2.31. The highest BCUT2D eigenvalue weighted by Crippen LogP contribution is 2.35. The smallest absolute Gasteiger partial charge is 0.252 e. The normalized spacial score (nSPS) is 19.4. The number of hydrogen-bond donors (Lipinski definition) is 2. The first-order valence-electron chi connectivity index (χ1n) is 8.32. The van der Waals surface area contributed by atoms with Crippen LogP contribution in [0.2, 0.25) is 0 Å². The van der Waals surface area contributed by atoms with E-state index in [0.29, 0.717) is 34.5 Å². The molecule has 0 aliphatic carbocycles. The lowest BCUT2D eigenvalue weighted by atomic mass is 9.98. The van der Waals surface area contributed by atoms with Crippen LogP contribution in [0.5, 0.6) is 11.6 Å². The molecule has 0 unspecified atom stereocenters. The second-order valence-electron chi connectivity index (χ2n) is 6.23. The highest BCUT2D eigenvalue weighted by atomic mass is 79.9. The van der Waals surface area contributed by atoms with E-state index in [0.717, 1.165) is 11.8 Å². The summed E-state index contributed by atoms with van der Waals surface area (Å²) in [5.41, 5.74) is 5.72. The van der Waals surface area contributed by atoms with Crippen molar-refractivity contribution in [2.45, 2.75) is 25.8 Å². The van der Waals surface area contributed by atoms with Crippen molar-refractivity contribution in [3.63, 3.8) is 0 Å². The Bertz CT molecular complexity index is 871. The van der Waals surface area contributed by atoms with Gasteiger partial charge in [0.05, 0.1) is 18.7 Å². The van der Waals surface area contributed by atoms with Crippen LogP contribution in [-0.4, -0.2) is 36.6 Å². The second kappa shape index (κ2) is 7.49. The number of benzene rings is 1. The van der Waals surface area contributed by atoms with E-state index < -0.39 is 5.91 Å². The van der Waals surface area contributed by atoms with Gasteiger partial charge in [-0.3, -0.25) is 9.59 Å². The molecule has 8 heteroatoms. The molecule has 2 aromatic rings. The predicted octanol–water partition coefficient (Wildman–Crippen LogP) is 2.40. The number of carbonyl (C=O) groups is 2. The van der Waals surface area contributed by atoms with Crippen molar-refractivity contribution in [3.05, 3.63) is 28.4 Å². The number of nitrogens with two attached hydrogens (primary N) is 1. The molecule has 1 aliphatic rings. The number of rotatable bonds is 6. The average Bonchev–Trinajstić information content (AvgIpc) is 3.00. The molecular weight excluding hydrogens is 402 g/mol. The number of aromatic nitrogens is 1. The van der Waals surface area contributed by atoms with E-state index in [1.54, 1.807) is 18.3 Å². The Balaban J connectivity index is 1.95. The number of amides is 2. The Labute approximate surface area is 159 Å². The Morgan fingerprint density at radius 2 is 2.19 bits per heavy atom. The van der Waals surface area contributed by atoms with Crippen molar-refractivity contribution in [3.8, 4) is 11.6 Å². The van der Waals surface area contributed by atoms with Crippen LogP contribution in [0.15, 0.2) is 22.8 Å². The van der Waals surface area contributed by atoms with E-state index >= 15 is 0 Å². The summed E-state index contributed by atoms with van der Waals surface area (Å²) in [5, 5.41) is 4.38. The third-order valence-corrected chi connectivity index (χ3v) is 5.31. The van der Waals surface area contributed by atoms with Crippen LogP contribution in [0, 0.1) is 5.92 Å². The molecule has 26 heavy (non-hydrogen) atoms. The molecule has 3 rings (SSSR count). The van der Waals surface area contributed by atoms with Gasteiger partial charge in [0.1, 0.15) is 12.4 Å². The third kappa shape index (κ3) is 3.46. The first-order chi connectivity index (χ1) is 12.4. The molecular formula is C18H20BrN3O4. The van der Waals surface area contributed by atoms with Crippen molar-refractivity contribution in [2.24, 2.45) is 11.7 Å². The van der Waals surface area contributed by atoms with Crippen LogP contribution in [0.1, 0.15) is 30.1 Å². The van der Waals surface area contributed by atoms with Crippen LogP contribution in [0.25, 0.3) is 10.8 Å². The van der Waals surface area contributed by atoms with Gasteiger partial charge in [-0.1, -0.05) is 13.3 Å². The number of nitrogens with one attached hydrogen (secondary N) is 1. The quantitative estimate of drug-likeness (QED) is 0.744. The molecule has 1 saturated heterocycles. The van der Waals surface area contributed by atoms with Gasteiger partial charge in [0.15, 0.2) is 0 Å². The molecule has 0 saturated carbocycles. The zero-order chi connectivity index (χ0) is 18.8. The van der Waals surface area contributed by atoms with Gasteiger partial charge in [-0.25, -0.2) is 4.98 Å². The zero-order valence-corrected chi connectivity index (χ0v) is 16.1.